The Morgan fingerprint density at radius 3 is 2.04 bits per heavy atom. The molecule has 0 aliphatic carbocycles. The van der Waals surface area contributed by atoms with Crippen LogP contribution in [0.15, 0.2) is 113 Å². The van der Waals surface area contributed by atoms with E-state index in [0.717, 1.165) is 16.7 Å². The molecular weight excluding hydrogens is 691 g/mol. The number of aromatic nitrogens is 1. The summed E-state index contributed by atoms with van der Waals surface area (Å²) in [6, 6.07) is 28.2. The topological polar surface area (TPSA) is 160 Å². The second-order valence-corrected chi connectivity index (χ2v) is 14.4. The maximum absolute atomic E-state index is 13.8. The number of nitrogens with zero attached hydrogens (tertiary/aromatic N) is 3. The number of amides is 2. The molecule has 2 aliphatic heterocycles. The number of carboxylic acid groups (broad SMARTS) is 1. The molecule has 2 amide bonds. The molecule has 1 fully saturated rings. The van der Waals surface area contributed by atoms with Crippen LogP contribution in [0, 0.1) is 0 Å². The number of thiazole rings is 1. The quantitative estimate of drug-likeness (QED) is 0.0598. The summed E-state index contributed by atoms with van der Waals surface area (Å²) in [5.74, 6) is -2.88. The molecule has 6 rings (SSSR count). The lowest BCUT2D eigenvalue weighted by Gasteiger charge is -2.48. The van der Waals surface area contributed by atoms with E-state index in [0.29, 0.717) is 10.9 Å². The van der Waals surface area contributed by atoms with E-state index >= 15 is 0 Å². The Balaban J connectivity index is 1.33. The van der Waals surface area contributed by atoms with Crippen LogP contribution in [-0.4, -0.2) is 74.5 Å². The number of thioether (sulfide) groups is 1. The van der Waals surface area contributed by atoms with Crippen molar-refractivity contribution in [2.75, 3.05) is 17.7 Å². The first kappa shape index (κ1) is 35.4. The largest absolute Gasteiger partial charge is 0.477 e. The van der Waals surface area contributed by atoms with E-state index in [4.69, 9.17) is 14.6 Å². The maximum atomic E-state index is 13.8. The van der Waals surface area contributed by atoms with Gasteiger partial charge in [0.1, 0.15) is 28.6 Å². The average molecular weight is 726 g/mol. The second-order valence-electron chi connectivity index (χ2n) is 12.7. The van der Waals surface area contributed by atoms with Crippen molar-refractivity contribution >= 4 is 57.7 Å². The maximum Gasteiger partial charge on any atom is 0.353 e. The number of oxime groups is 1. The van der Waals surface area contributed by atoms with Crippen molar-refractivity contribution in [1.29, 1.82) is 0 Å². The average Bonchev–Trinajstić information content (AvgIpc) is 3.59. The van der Waals surface area contributed by atoms with Gasteiger partial charge in [-0.3, -0.25) is 14.5 Å². The molecule has 2 atom stereocenters. The first-order chi connectivity index (χ1) is 24.5. The number of hydrogen-bond donors (Lipinski definition) is 3. The van der Waals surface area contributed by atoms with Gasteiger partial charge in [0.05, 0.1) is 6.04 Å². The summed E-state index contributed by atoms with van der Waals surface area (Å²) in [5.41, 5.74) is 0.868. The number of aliphatic carboxylic acids is 1. The zero-order valence-corrected chi connectivity index (χ0v) is 29.6. The molecular formula is C37H35N5O7S2. The summed E-state index contributed by atoms with van der Waals surface area (Å²) in [4.78, 5) is 62.2. The van der Waals surface area contributed by atoms with Crippen LogP contribution in [0.25, 0.3) is 0 Å². The van der Waals surface area contributed by atoms with Gasteiger partial charge in [0.25, 0.3) is 11.8 Å². The van der Waals surface area contributed by atoms with Crippen molar-refractivity contribution in [3.63, 3.8) is 0 Å². The van der Waals surface area contributed by atoms with Crippen LogP contribution in [-0.2, 0) is 34.3 Å². The third-order valence-corrected chi connectivity index (χ3v) is 9.76. The number of carboxylic acids is 1. The molecule has 2 aliphatic rings. The monoisotopic (exact) mass is 725 g/mol. The normalized spacial score (nSPS) is 17.4. The molecule has 14 heteroatoms. The first-order valence-corrected chi connectivity index (χ1v) is 17.9. The highest BCUT2D eigenvalue weighted by Crippen LogP contribution is 2.41. The number of rotatable bonds is 12. The molecule has 0 saturated carbocycles. The lowest BCUT2D eigenvalue weighted by Crippen LogP contribution is -2.72. The smallest absolute Gasteiger partial charge is 0.353 e. The predicted octanol–water partition coefficient (Wildman–Crippen LogP) is 4.98. The van der Waals surface area contributed by atoms with E-state index in [-0.39, 0.29) is 17.1 Å². The number of nitrogens with one attached hydrogen (secondary N) is 2. The van der Waals surface area contributed by atoms with Crippen LogP contribution in [0.1, 0.15) is 43.2 Å². The Bertz CT molecular complexity index is 1880. The fraction of sp³-hybridized carbons (Fsp3) is 0.243. The molecule has 0 bridgehead atoms. The number of anilines is 1. The van der Waals surface area contributed by atoms with Gasteiger partial charge >= 0.3 is 11.9 Å². The van der Waals surface area contributed by atoms with Crippen molar-refractivity contribution in [2.24, 2.45) is 5.16 Å². The third kappa shape index (κ3) is 7.51. The Labute approximate surface area is 302 Å². The lowest BCUT2D eigenvalue weighted by atomic mass is 9.77. The zero-order chi connectivity index (χ0) is 36.2. The van der Waals surface area contributed by atoms with Crippen LogP contribution in [0.4, 0.5) is 5.13 Å². The molecule has 51 heavy (non-hydrogen) atoms. The Kier molecular flexibility index (Phi) is 10.3. The van der Waals surface area contributed by atoms with E-state index in [1.165, 1.54) is 33.4 Å². The molecule has 3 N–H and O–H groups in total. The highest BCUT2D eigenvalue weighted by molar-refractivity contribution is 8.02. The minimum Gasteiger partial charge on any atom is -0.477 e. The summed E-state index contributed by atoms with van der Waals surface area (Å²) in [5, 5.41) is 23.4. The van der Waals surface area contributed by atoms with Gasteiger partial charge < -0.3 is 25.3 Å². The van der Waals surface area contributed by atoms with Gasteiger partial charge in [0, 0.05) is 16.5 Å². The fourth-order valence-electron chi connectivity index (χ4n) is 5.92. The summed E-state index contributed by atoms with van der Waals surface area (Å²) < 4.78 is 5.30. The highest BCUT2D eigenvalue weighted by Gasteiger charge is 2.52. The van der Waals surface area contributed by atoms with E-state index in [1.807, 2.05) is 91.0 Å². The molecule has 2 unspecified atom stereocenters. The molecule has 0 radical (unpaired) electrons. The molecule has 4 aromatic rings. The SMILES string of the molecule is CC(C)(C)OC(=O)CON=C(C(=O)NC1C(=O)N2C(C(=O)O)=CSCC12)c1csc(NC(c2ccccc2)(c2ccccc2)c2ccccc2)n1. The lowest BCUT2D eigenvalue weighted by molar-refractivity contribution is -0.160. The highest BCUT2D eigenvalue weighted by atomic mass is 32.2. The van der Waals surface area contributed by atoms with Crippen molar-refractivity contribution in [3.8, 4) is 0 Å². The minimum absolute atomic E-state index is 0.125. The molecule has 1 saturated heterocycles. The Morgan fingerprint density at radius 1 is 0.941 bits per heavy atom. The third-order valence-electron chi connectivity index (χ3n) is 8.08. The summed E-state index contributed by atoms with van der Waals surface area (Å²) in [6.07, 6.45) is 0. The molecule has 262 valence electrons. The molecule has 12 nitrogen and oxygen atoms in total. The van der Waals surface area contributed by atoms with Gasteiger partial charge in [-0.2, -0.15) is 0 Å². The van der Waals surface area contributed by atoms with Crippen LogP contribution in [0.2, 0.25) is 0 Å². The summed E-state index contributed by atoms with van der Waals surface area (Å²) in [6.45, 7) is 4.56. The predicted molar refractivity (Wildman–Crippen MR) is 194 cm³/mol. The number of ether oxygens (including phenoxy) is 1. The number of hydrogen-bond acceptors (Lipinski definition) is 11. The van der Waals surface area contributed by atoms with E-state index in [2.05, 4.69) is 15.8 Å². The number of esters is 1. The fourth-order valence-corrected chi connectivity index (χ4v) is 7.68. The van der Waals surface area contributed by atoms with Gasteiger partial charge in [0.15, 0.2) is 10.8 Å². The Morgan fingerprint density at radius 2 is 1.51 bits per heavy atom. The van der Waals surface area contributed by atoms with Gasteiger partial charge in [-0.1, -0.05) is 96.2 Å². The van der Waals surface area contributed by atoms with Crippen LogP contribution in [0.5, 0.6) is 0 Å². The molecule has 3 aromatic carbocycles. The number of fused-ring (bicyclic) bond motifs is 1. The number of carbonyl (C=O) groups excluding carboxylic acids is 3. The zero-order valence-electron chi connectivity index (χ0n) is 27.9. The first-order valence-electron chi connectivity index (χ1n) is 16.0. The van der Waals surface area contributed by atoms with Crippen LogP contribution in [0.3, 0.4) is 0 Å². The van der Waals surface area contributed by atoms with Crippen LogP contribution < -0.4 is 10.6 Å². The summed E-state index contributed by atoms with van der Waals surface area (Å²) in [7, 11) is 0. The van der Waals surface area contributed by atoms with E-state index in [1.54, 1.807) is 26.2 Å². The Hall–Kier alpha value is -5.47. The standard InChI is InChI=1S/C37H35N5O7S2/c1-36(2,3)49-29(43)19-48-41-30(32(44)39-31-27-21-50-22-28(34(46)47)42(27)33(31)45)26-20-51-35(38-26)40-37(23-13-7-4-8-14-23,24-15-9-5-10-16-24)25-17-11-6-12-18-25/h4-18,20,22,27,31H,19,21H2,1-3H3,(H,38,40)(H,39,44)(H,46,47). The van der Waals surface area contributed by atoms with Crippen molar-refractivity contribution in [1.82, 2.24) is 15.2 Å². The molecule has 0 spiro atoms. The van der Waals surface area contributed by atoms with Gasteiger partial charge in [-0.25, -0.2) is 14.6 Å². The minimum atomic E-state index is -1.23. The van der Waals surface area contributed by atoms with E-state index < -0.39 is 53.6 Å². The van der Waals surface area contributed by atoms with Crippen molar-refractivity contribution < 1.29 is 33.9 Å². The van der Waals surface area contributed by atoms with Gasteiger partial charge in [-0.15, -0.1) is 23.1 Å². The van der Waals surface area contributed by atoms with Crippen molar-refractivity contribution in [3.05, 3.63) is 130 Å². The van der Waals surface area contributed by atoms with Crippen LogP contribution >= 0.6 is 23.1 Å². The number of carbonyl (C=O) groups is 4. The number of benzene rings is 3. The van der Waals surface area contributed by atoms with Crippen molar-refractivity contribution in [2.45, 2.75) is 44.0 Å². The molecule has 3 heterocycles. The van der Waals surface area contributed by atoms with Gasteiger partial charge in [-0.05, 0) is 37.5 Å². The number of β-lactam (4-membered cyclic amide) rings is 1. The second kappa shape index (κ2) is 14.8. The van der Waals surface area contributed by atoms with E-state index in [9.17, 15) is 24.3 Å². The summed E-state index contributed by atoms with van der Waals surface area (Å²) >= 11 is 2.48. The molecule has 1 aromatic heterocycles. The van der Waals surface area contributed by atoms with Gasteiger partial charge in [0.2, 0.25) is 6.61 Å².